The van der Waals surface area contributed by atoms with Gasteiger partial charge < -0.3 is 51.8 Å². The maximum atomic E-state index is 6.64. The van der Waals surface area contributed by atoms with Crippen LogP contribution >= 0.6 is 0 Å². The van der Waals surface area contributed by atoms with Crippen LogP contribution in [0.25, 0.3) is 82.8 Å². The third kappa shape index (κ3) is 11.4. The predicted octanol–water partition coefficient (Wildman–Crippen LogP) is 17.2. The average molecular weight is 1190 g/mol. The van der Waals surface area contributed by atoms with Gasteiger partial charge in [0.2, 0.25) is 0 Å². The number of hydrogen-bond acceptors (Lipinski definition) is 10. The van der Waals surface area contributed by atoms with Crippen molar-refractivity contribution in [1.82, 2.24) is 4.57 Å². The number of benzene rings is 9. The van der Waals surface area contributed by atoms with Gasteiger partial charge in [-0.15, -0.1) is 0 Å². The number of rotatable bonds is 29. The molecule has 0 spiro atoms. The first-order valence-corrected chi connectivity index (χ1v) is 31.4. The van der Waals surface area contributed by atoms with Crippen LogP contribution in [0.2, 0.25) is 0 Å². The monoisotopic (exact) mass is 1190 g/mol. The Balaban J connectivity index is 0.955. The Labute approximate surface area is 522 Å². The van der Waals surface area contributed by atoms with Gasteiger partial charge in [0.25, 0.3) is 0 Å². The van der Waals surface area contributed by atoms with E-state index in [2.05, 4.69) is 199 Å². The summed E-state index contributed by atoms with van der Waals surface area (Å²) < 4.78 is 56.3. The van der Waals surface area contributed by atoms with Gasteiger partial charge in [0.1, 0.15) is 5.58 Å². The minimum Gasteiger partial charge on any atom is -0.454 e. The fourth-order valence-electron chi connectivity index (χ4n) is 14.3. The smallest absolute Gasteiger partial charge is 0.159 e. The van der Waals surface area contributed by atoms with Gasteiger partial charge >= 0.3 is 0 Å². The zero-order chi connectivity index (χ0) is 60.9. The fraction of sp³-hybridized carbons (Fsp3) is 0.308. The van der Waals surface area contributed by atoms with Crippen LogP contribution in [0, 0.1) is 13.8 Å². The fourth-order valence-corrected chi connectivity index (χ4v) is 14.3. The molecule has 456 valence electrons. The summed E-state index contributed by atoms with van der Waals surface area (Å²) in [7, 11) is 6.89. The van der Waals surface area contributed by atoms with Crippen molar-refractivity contribution in [2.75, 3.05) is 113 Å². The van der Waals surface area contributed by atoms with E-state index in [0.29, 0.717) is 79.3 Å². The molecule has 13 rings (SSSR count). The summed E-state index contributed by atoms with van der Waals surface area (Å²) in [5.41, 5.74) is 22.2. The van der Waals surface area contributed by atoms with Gasteiger partial charge in [-0.3, -0.25) is 0 Å². The Hall–Kier alpha value is -7.94. The molecule has 0 aliphatic heterocycles. The number of nitrogens with zero attached hydrogens (tertiary/aromatic N) is 2. The quantitative estimate of drug-likeness (QED) is 0.0422. The van der Waals surface area contributed by atoms with Crippen molar-refractivity contribution < 1.29 is 42.3 Å². The minimum atomic E-state index is -0.416. The lowest BCUT2D eigenvalue weighted by Gasteiger charge is -2.35. The minimum absolute atomic E-state index is 0.416. The standard InChI is InChI=1S/C78H80N2O9/c1-53-18-27-60-62-29-25-58(51-70(62)77(68(60)48-53,32-36-85-44-40-81-3)33-37-86-45-41-82-4)79(59-26-30-63-61-28-19-54(2)49-69(61)78(71(63)52-59,34-38-87-46-42-83-5)35-39-88-47-43-84-6)57-23-20-55(21-24-57)56-22-31-73-67(50-56)64-12-7-9-15-72(64)80(73)74-16-11-14-66-65-13-8-10-17-75(65)89-76(66)74/h7-31,48-52H,32-47H2,1-6H3. The van der Waals surface area contributed by atoms with Gasteiger partial charge in [-0.25, -0.2) is 0 Å². The number of furan rings is 1. The Morgan fingerprint density at radius 3 is 1.33 bits per heavy atom. The van der Waals surface area contributed by atoms with E-state index in [1.165, 1.54) is 66.4 Å². The van der Waals surface area contributed by atoms with Gasteiger partial charge in [0.15, 0.2) is 5.58 Å². The van der Waals surface area contributed by atoms with Crippen molar-refractivity contribution in [1.29, 1.82) is 0 Å². The van der Waals surface area contributed by atoms with Gasteiger partial charge in [-0.05, 0) is 162 Å². The highest BCUT2D eigenvalue weighted by atomic mass is 16.5. The molecule has 2 aromatic heterocycles. The number of methoxy groups -OCH3 is 4. The second-order valence-electron chi connectivity index (χ2n) is 23.9. The molecule has 0 N–H and O–H groups in total. The van der Waals surface area contributed by atoms with Crippen molar-refractivity contribution in [2.45, 2.75) is 50.4 Å². The van der Waals surface area contributed by atoms with Crippen LogP contribution in [0.5, 0.6) is 0 Å². The summed E-state index contributed by atoms with van der Waals surface area (Å²) in [4.78, 5) is 2.46. The topological polar surface area (TPSA) is 95.2 Å². The second kappa shape index (κ2) is 26.6. The van der Waals surface area contributed by atoms with Gasteiger partial charge in [0, 0.05) is 104 Å². The molecular weight excluding hydrogens is 1110 g/mol. The summed E-state index contributed by atoms with van der Waals surface area (Å²) >= 11 is 0. The van der Waals surface area contributed by atoms with E-state index in [-0.39, 0.29) is 0 Å². The number of anilines is 3. The SMILES string of the molecule is COCCOCCC1(CCOCCOC)c2cc(C)ccc2-c2ccc(N(c3ccc(-c4ccc5c(c4)c4ccccc4n5-c4cccc5c4oc4ccccc45)cc3)c3ccc4c(c3)C(CCOCCOC)(CCOCCOC)c3cc(C)ccc3-4)cc21. The van der Waals surface area contributed by atoms with E-state index >= 15 is 0 Å². The van der Waals surface area contributed by atoms with E-state index in [1.807, 2.05) is 6.07 Å². The zero-order valence-electron chi connectivity index (χ0n) is 52.2. The maximum absolute atomic E-state index is 6.64. The Morgan fingerprint density at radius 1 is 0.360 bits per heavy atom. The highest BCUT2D eigenvalue weighted by molar-refractivity contribution is 6.13. The van der Waals surface area contributed by atoms with E-state index in [9.17, 15) is 0 Å². The number of hydrogen-bond donors (Lipinski definition) is 0. The molecular formula is C78H80N2O9. The highest BCUT2D eigenvalue weighted by Crippen LogP contribution is 2.57. The molecule has 0 saturated heterocycles. The largest absolute Gasteiger partial charge is 0.454 e. The molecule has 2 aliphatic rings. The molecule has 89 heavy (non-hydrogen) atoms. The molecule has 11 aromatic rings. The van der Waals surface area contributed by atoms with Gasteiger partial charge in [-0.2, -0.15) is 0 Å². The third-order valence-corrected chi connectivity index (χ3v) is 18.7. The molecule has 2 heterocycles. The molecule has 11 nitrogen and oxygen atoms in total. The molecule has 0 amide bonds. The van der Waals surface area contributed by atoms with E-state index in [0.717, 1.165) is 92.5 Å². The van der Waals surface area contributed by atoms with Crippen LogP contribution in [0.4, 0.5) is 17.1 Å². The maximum Gasteiger partial charge on any atom is 0.159 e. The molecule has 0 bridgehead atoms. The lowest BCUT2D eigenvalue weighted by Crippen LogP contribution is -2.30. The number of ether oxygens (including phenoxy) is 8. The highest BCUT2D eigenvalue weighted by Gasteiger charge is 2.45. The summed E-state index contributed by atoms with van der Waals surface area (Å²) in [6.07, 6.45) is 3.07. The zero-order valence-corrected chi connectivity index (χ0v) is 52.2. The summed E-state index contributed by atoms with van der Waals surface area (Å²) in [6, 6.07) is 67.7. The van der Waals surface area contributed by atoms with Crippen LogP contribution in [-0.4, -0.2) is 112 Å². The number of aromatic nitrogens is 1. The molecule has 2 aliphatic carbocycles. The van der Waals surface area contributed by atoms with Crippen molar-refractivity contribution in [2.24, 2.45) is 0 Å². The first-order chi connectivity index (χ1) is 43.8. The molecule has 0 unspecified atom stereocenters. The predicted molar refractivity (Wildman–Crippen MR) is 359 cm³/mol. The van der Waals surface area contributed by atoms with Crippen molar-refractivity contribution in [3.05, 3.63) is 215 Å². The Morgan fingerprint density at radius 2 is 0.798 bits per heavy atom. The molecule has 0 radical (unpaired) electrons. The summed E-state index contributed by atoms with van der Waals surface area (Å²) in [5, 5.41) is 4.57. The molecule has 11 heteroatoms. The van der Waals surface area contributed by atoms with Crippen molar-refractivity contribution >= 4 is 60.8 Å². The van der Waals surface area contributed by atoms with Gasteiger partial charge in [0.05, 0.1) is 69.6 Å². The van der Waals surface area contributed by atoms with Crippen LogP contribution in [0.3, 0.4) is 0 Å². The number of fused-ring (bicyclic) bond motifs is 12. The Kier molecular flexibility index (Phi) is 18.0. The normalized spacial score (nSPS) is 13.6. The van der Waals surface area contributed by atoms with Crippen molar-refractivity contribution in [3.8, 4) is 39.1 Å². The van der Waals surface area contributed by atoms with E-state index in [1.54, 1.807) is 28.4 Å². The average Bonchev–Trinajstić information content (AvgIpc) is 1.66. The van der Waals surface area contributed by atoms with Crippen LogP contribution in [0.1, 0.15) is 59.1 Å². The molecule has 9 aromatic carbocycles. The Bertz CT molecular complexity index is 4130. The van der Waals surface area contributed by atoms with E-state index < -0.39 is 10.8 Å². The lowest BCUT2D eigenvalue weighted by molar-refractivity contribution is 0.0490. The summed E-state index contributed by atoms with van der Waals surface area (Å²) in [6.45, 7) is 10.9. The summed E-state index contributed by atoms with van der Waals surface area (Å²) in [5.74, 6) is 0. The van der Waals surface area contributed by atoms with Crippen LogP contribution in [-0.2, 0) is 48.7 Å². The first kappa shape index (κ1) is 60.0. The molecule has 0 atom stereocenters. The van der Waals surface area contributed by atoms with Crippen LogP contribution < -0.4 is 4.90 Å². The number of para-hydroxylation sites is 3. The van der Waals surface area contributed by atoms with Crippen LogP contribution in [0.15, 0.2) is 186 Å². The van der Waals surface area contributed by atoms with E-state index in [4.69, 9.17) is 42.3 Å². The lowest BCUT2D eigenvalue weighted by atomic mass is 9.72. The van der Waals surface area contributed by atoms with Crippen molar-refractivity contribution in [3.63, 3.8) is 0 Å². The third-order valence-electron chi connectivity index (χ3n) is 18.7. The second-order valence-corrected chi connectivity index (χ2v) is 23.9. The van der Waals surface area contributed by atoms with Gasteiger partial charge in [-0.1, -0.05) is 126 Å². The molecule has 0 saturated carbocycles. The first-order valence-electron chi connectivity index (χ1n) is 31.4. The molecule has 0 fully saturated rings. The number of aryl methyl sites for hydroxylation is 2.